The number of halogens is 2. The van der Waals surface area contributed by atoms with E-state index >= 15 is 0 Å². The van der Waals surface area contributed by atoms with E-state index in [4.69, 9.17) is 9.47 Å². The smallest absolute Gasteiger partial charge is 0.254 e. The number of hydrogen-bond acceptors (Lipinski definition) is 4. The van der Waals surface area contributed by atoms with Crippen LogP contribution in [0.25, 0.3) is 0 Å². The monoisotopic (exact) mass is 404 g/mol. The lowest BCUT2D eigenvalue weighted by molar-refractivity contribution is 0.0679. The van der Waals surface area contributed by atoms with E-state index in [9.17, 15) is 4.79 Å². The van der Waals surface area contributed by atoms with E-state index in [0.717, 1.165) is 36.8 Å². The van der Waals surface area contributed by atoms with Gasteiger partial charge in [-0.05, 0) is 53.9 Å². The Morgan fingerprint density at radius 2 is 1.78 bits per heavy atom. The lowest BCUT2D eigenvalue weighted by Crippen LogP contribution is -2.42. The fourth-order valence-corrected chi connectivity index (χ4v) is 4.01. The molecule has 2 bridgehead atoms. The number of methoxy groups -OCH3 is 2. The number of ether oxygens (including phenoxy) is 2. The van der Waals surface area contributed by atoms with Crippen molar-refractivity contribution in [2.24, 2.45) is 0 Å². The van der Waals surface area contributed by atoms with Crippen LogP contribution in [0.15, 0.2) is 16.6 Å². The van der Waals surface area contributed by atoms with E-state index in [0.29, 0.717) is 29.1 Å². The largest absolute Gasteiger partial charge is 0.495 e. The number of carbonyl (C=O) groups is 1. The van der Waals surface area contributed by atoms with Gasteiger partial charge < -0.3 is 19.7 Å². The molecular weight excluding hydrogens is 384 g/mol. The number of carbonyl (C=O) groups excluding carboxylic acids is 1. The number of hydrogen-bond donors (Lipinski definition) is 1. The van der Waals surface area contributed by atoms with E-state index < -0.39 is 0 Å². The zero-order chi connectivity index (χ0) is 15.7. The molecule has 2 fully saturated rings. The summed E-state index contributed by atoms with van der Waals surface area (Å²) in [5, 5.41) is 3.42. The van der Waals surface area contributed by atoms with E-state index in [1.165, 1.54) is 0 Å². The molecule has 2 unspecified atom stereocenters. The van der Waals surface area contributed by atoms with Crippen LogP contribution in [-0.4, -0.2) is 50.2 Å². The summed E-state index contributed by atoms with van der Waals surface area (Å²) in [6, 6.07) is 4.20. The van der Waals surface area contributed by atoms with Crippen LogP contribution in [0.2, 0.25) is 0 Å². The molecule has 1 aromatic carbocycles. The van der Waals surface area contributed by atoms with E-state index in [1.54, 1.807) is 26.4 Å². The number of nitrogens with one attached hydrogen (secondary N) is 1. The molecule has 5 nitrogen and oxygen atoms in total. The van der Waals surface area contributed by atoms with Crippen LogP contribution in [0.4, 0.5) is 0 Å². The van der Waals surface area contributed by atoms with Gasteiger partial charge >= 0.3 is 0 Å². The molecule has 1 amide bonds. The molecular formula is C16H22BrClN2O3. The van der Waals surface area contributed by atoms with Crippen LogP contribution >= 0.6 is 28.3 Å². The number of amides is 1. The Kier molecular flexibility index (Phi) is 6.17. The van der Waals surface area contributed by atoms with Crippen LogP contribution in [0, 0.1) is 0 Å². The molecule has 1 N–H and O–H groups in total. The van der Waals surface area contributed by atoms with Crippen molar-refractivity contribution in [3.63, 3.8) is 0 Å². The van der Waals surface area contributed by atoms with Gasteiger partial charge in [0, 0.05) is 24.2 Å². The topological polar surface area (TPSA) is 50.8 Å². The zero-order valence-corrected chi connectivity index (χ0v) is 15.7. The summed E-state index contributed by atoms with van der Waals surface area (Å²) < 4.78 is 11.4. The van der Waals surface area contributed by atoms with Gasteiger partial charge in [-0.25, -0.2) is 0 Å². The van der Waals surface area contributed by atoms with Crippen molar-refractivity contribution < 1.29 is 14.3 Å². The molecule has 3 rings (SSSR count). The molecule has 0 saturated carbocycles. The summed E-state index contributed by atoms with van der Waals surface area (Å²) in [4.78, 5) is 15.1. The molecule has 1 aromatic rings. The average Bonchev–Trinajstić information content (AvgIpc) is 2.79. The highest BCUT2D eigenvalue weighted by Crippen LogP contribution is 2.37. The van der Waals surface area contributed by atoms with Crippen molar-refractivity contribution in [2.75, 3.05) is 27.3 Å². The predicted molar refractivity (Wildman–Crippen MR) is 95.0 cm³/mol. The summed E-state index contributed by atoms with van der Waals surface area (Å²) in [7, 11) is 3.18. The highest BCUT2D eigenvalue weighted by Gasteiger charge is 2.38. The van der Waals surface area contributed by atoms with Crippen molar-refractivity contribution in [3.8, 4) is 11.5 Å². The quantitative estimate of drug-likeness (QED) is 0.840. The van der Waals surface area contributed by atoms with Gasteiger partial charge in [0.25, 0.3) is 5.91 Å². The molecule has 0 aromatic heterocycles. The Labute approximate surface area is 151 Å². The standard InChI is InChI=1S/C16H21BrN2O3.ClH/c1-21-13-7-10(8-14(22-2)15(13)17)16(20)19-11-3-4-12(19)9-18-6-5-11;/h7-8,11-12,18H,3-6,9H2,1-2H3;1H. The molecule has 7 heteroatoms. The first-order chi connectivity index (χ1) is 10.7. The van der Waals surface area contributed by atoms with Gasteiger partial charge in [-0.1, -0.05) is 0 Å². The van der Waals surface area contributed by atoms with E-state index in [1.807, 2.05) is 0 Å². The van der Waals surface area contributed by atoms with Gasteiger partial charge in [-0.15, -0.1) is 12.4 Å². The third kappa shape index (κ3) is 3.44. The van der Waals surface area contributed by atoms with Crippen molar-refractivity contribution in [3.05, 3.63) is 22.2 Å². The molecule has 0 spiro atoms. The van der Waals surface area contributed by atoms with Gasteiger partial charge in [-0.3, -0.25) is 4.79 Å². The first-order valence-corrected chi connectivity index (χ1v) is 8.40. The highest BCUT2D eigenvalue weighted by atomic mass is 79.9. The molecule has 0 radical (unpaired) electrons. The second-order valence-corrected chi connectivity index (χ2v) is 6.58. The van der Waals surface area contributed by atoms with Crippen LogP contribution < -0.4 is 14.8 Å². The summed E-state index contributed by atoms with van der Waals surface area (Å²) in [5.74, 6) is 1.30. The van der Waals surface area contributed by atoms with Crippen LogP contribution in [-0.2, 0) is 0 Å². The fourth-order valence-electron chi connectivity index (χ4n) is 3.46. The van der Waals surface area contributed by atoms with Gasteiger partial charge in [0.15, 0.2) is 0 Å². The van der Waals surface area contributed by atoms with Crippen molar-refractivity contribution in [1.29, 1.82) is 0 Å². The van der Waals surface area contributed by atoms with Crippen LogP contribution in [0.1, 0.15) is 29.6 Å². The summed E-state index contributed by atoms with van der Waals surface area (Å²) >= 11 is 3.44. The first-order valence-electron chi connectivity index (χ1n) is 7.60. The van der Waals surface area contributed by atoms with Gasteiger partial charge in [0.05, 0.1) is 14.2 Å². The Morgan fingerprint density at radius 1 is 1.17 bits per heavy atom. The molecule has 23 heavy (non-hydrogen) atoms. The summed E-state index contributed by atoms with van der Waals surface area (Å²) in [5.41, 5.74) is 0.621. The molecule has 2 aliphatic heterocycles. The zero-order valence-electron chi connectivity index (χ0n) is 13.3. The average molecular weight is 406 g/mol. The SMILES string of the molecule is COc1cc(C(=O)N2C3CCNCC2CC3)cc(OC)c1Br.Cl. The Hall–Kier alpha value is -0.980. The van der Waals surface area contributed by atoms with E-state index in [2.05, 4.69) is 26.1 Å². The van der Waals surface area contributed by atoms with Crippen molar-refractivity contribution in [2.45, 2.75) is 31.3 Å². The van der Waals surface area contributed by atoms with Crippen molar-refractivity contribution in [1.82, 2.24) is 10.2 Å². The molecule has 2 saturated heterocycles. The van der Waals surface area contributed by atoms with E-state index in [-0.39, 0.29) is 18.3 Å². The Morgan fingerprint density at radius 3 is 2.39 bits per heavy atom. The van der Waals surface area contributed by atoms with Crippen LogP contribution in [0.3, 0.4) is 0 Å². The summed E-state index contributed by atoms with van der Waals surface area (Å²) in [6.45, 7) is 1.87. The maximum Gasteiger partial charge on any atom is 0.254 e. The van der Waals surface area contributed by atoms with Gasteiger partial charge in [0.1, 0.15) is 16.0 Å². The molecule has 128 valence electrons. The second kappa shape index (κ2) is 7.73. The maximum atomic E-state index is 13.0. The number of nitrogens with zero attached hydrogens (tertiary/aromatic N) is 1. The molecule has 2 heterocycles. The minimum absolute atomic E-state index is 0. The fraction of sp³-hybridized carbons (Fsp3) is 0.562. The minimum atomic E-state index is 0. The molecule has 2 aliphatic rings. The molecule has 2 atom stereocenters. The number of rotatable bonds is 3. The third-order valence-electron chi connectivity index (χ3n) is 4.58. The van der Waals surface area contributed by atoms with Crippen LogP contribution in [0.5, 0.6) is 11.5 Å². The maximum absolute atomic E-state index is 13.0. The highest BCUT2D eigenvalue weighted by molar-refractivity contribution is 9.10. The van der Waals surface area contributed by atoms with Gasteiger partial charge in [-0.2, -0.15) is 0 Å². The van der Waals surface area contributed by atoms with Gasteiger partial charge in [0.2, 0.25) is 0 Å². The first kappa shape index (κ1) is 18.4. The summed E-state index contributed by atoms with van der Waals surface area (Å²) in [6.07, 6.45) is 3.20. The normalized spacial score (nSPS) is 23.0. The Balaban J connectivity index is 0.00000192. The minimum Gasteiger partial charge on any atom is -0.495 e. The lowest BCUT2D eigenvalue weighted by Gasteiger charge is -2.28. The molecule has 0 aliphatic carbocycles. The van der Waals surface area contributed by atoms with Crippen molar-refractivity contribution >= 4 is 34.2 Å². The second-order valence-electron chi connectivity index (χ2n) is 5.78. The third-order valence-corrected chi connectivity index (χ3v) is 5.36. The Bertz CT molecular complexity index is 545. The number of fused-ring (bicyclic) bond motifs is 2. The predicted octanol–water partition coefficient (Wildman–Crippen LogP) is 2.85. The lowest BCUT2D eigenvalue weighted by atomic mass is 10.1. The number of benzene rings is 1.